The molecule has 0 saturated carbocycles. The maximum absolute atomic E-state index is 12.7. The van der Waals surface area contributed by atoms with Crippen molar-refractivity contribution in [2.75, 3.05) is 0 Å². The summed E-state index contributed by atoms with van der Waals surface area (Å²) < 4.78 is 5.58. The number of ether oxygens (including phenoxy) is 1. The Bertz CT molecular complexity index is 733. The number of hydrogen-bond acceptors (Lipinski definition) is 4. The SMILES string of the molecule is CC(C)(C)OC(=O)[C@H]1N=C(c2ccccc2)C[C@H]1c1ccccn1. The van der Waals surface area contributed by atoms with E-state index in [-0.39, 0.29) is 11.9 Å². The van der Waals surface area contributed by atoms with E-state index in [2.05, 4.69) is 4.98 Å². The molecule has 0 spiro atoms. The summed E-state index contributed by atoms with van der Waals surface area (Å²) in [5.41, 5.74) is 2.33. The first-order chi connectivity index (χ1) is 11.4. The number of aliphatic imine (C=N–C) groups is 1. The van der Waals surface area contributed by atoms with E-state index in [1.54, 1.807) is 6.20 Å². The molecule has 124 valence electrons. The molecule has 0 fully saturated rings. The molecule has 0 bridgehead atoms. The first-order valence-electron chi connectivity index (χ1n) is 8.20. The van der Waals surface area contributed by atoms with Gasteiger partial charge in [-0.25, -0.2) is 4.79 Å². The molecule has 4 nitrogen and oxygen atoms in total. The van der Waals surface area contributed by atoms with Crippen molar-refractivity contribution >= 4 is 11.7 Å². The van der Waals surface area contributed by atoms with Gasteiger partial charge in [0, 0.05) is 29.9 Å². The zero-order valence-electron chi connectivity index (χ0n) is 14.3. The van der Waals surface area contributed by atoms with E-state index in [1.165, 1.54) is 0 Å². The molecular weight excluding hydrogens is 300 g/mol. The van der Waals surface area contributed by atoms with Crippen LogP contribution in [0.3, 0.4) is 0 Å². The average molecular weight is 322 g/mol. The molecule has 0 aliphatic carbocycles. The molecule has 2 atom stereocenters. The minimum Gasteiger partial charge on any atom is -0.458 e. The summed E-state index contributed by atoms with van der Waals surface area (Å²) in [6.07, 6.45) is 2.44. The van der Waals surface area contributed by atoms with Crippen molar-refractivity contribution in [3.8, 4) is 0 Å². The van der Waals surface area contributed by atoms with Crippen LogP contribution in [0.4, 0.5) is 0 Å². The molecule has 4 heteroatoms. The molecule has 0 saturated heterocycles. The van der Waals surface area contributed by atoms with Gasteiger partial charge in [-0.3, -0.25) is 9.98 Å². The van der Waals surface area contributed by atoms with Gasteiger partial charge in [0.15, 0.2) is 6.04 Å². The highest BCUT2D eigenvalue weighted by atomic mass is 16.6. The van der Waals surface area contributed by atoms with Crippen molar-refractivity contribution in [1.82, 2.24) is 4.98 Å². The number of pyridine rings is 1. The number of nitrogens with zero attached hydrogens (tertiary/aromatic N) is 2. The monoisotopic (exact) mass is 322 g/mol. The molecule has 1 aromatic carbocycles. The summed E-state index contributed by atoms with van der Waals surface area (Å²) in [6, 6.07) is 15.2. The zero-order valence-corrected chi connectivity index (χ0v) is 14.3. The summed E-state index contributed by atoms with van der Waals surface area (Å²) >= 11 is 0. The third-order valence-corrected chi connectivity index (χ3v) is 3.91. The van der Waals surface area contributed by atoms with Crippen LogP contribution in [0.25, 0.3) is 0 Å². The minimum absolute atomic E-state index is 0.0868. The topological polar surface area (TPSA) is 51.5 Å². The summed E-state index contributed by atoms with van der Waals surface area (Å²) in [6.45, 7) is 5.62. The van der Waals surface area contributed by atoms with Gasteiger partial charge >= 0.3 is 5.97 Å². The van der Waals surface area contributed by atoms with Gasteiger partial charge in [0.1, 0.15) is 5.60 Å². The number of aromatic nitrogens is 1. The van der Waals surface area contributed by atoms with Crippen LogP contribution in [0.1, 0.15) is 44.4 Å². The van der Waals surface area contributed by atoms with E-state index in [1.807, 2.05) is 69.3 Å². The summed E-state index contributed by atoms with van der Waals surface area (Å²) in [4.78, 5) is 21.8. The Morgan fingerprint density at radius 2 is 1.79 bits per heavy atom. The standard InChI is InChI=1S/C20H22N2O2/c1-20(2,3)24-19(23)18-15(16-11-7-8-12-21-16)13-17(22-18)14-9-5-4-6-10-14/h4-12,15,18H,13H2,1-3H3/t15-,18-/m0/s1. The van der Waals surface area contributed by atoms with Crippen LogP contribution in [0.5, 0.6) is 0 Å². The molecule has 0 N–H and O–H groups in total. The number of benzene rings is 1. The maximum Gasteiger partial charge on any atom is 0.332 e. The van der Waals surface area contributed by atoms with Crippen molar-refractivity contribution in [2.45, 2.75) is 44.8 Å². The Morgan fingerprint density at radius 1 is 1.08 bits per heavy atom. The van der Waals surface area contributed by atoms with E-state index in [4.69, 9.17) is 9.73 Å². The van der Waals surface area contributed by atoms with Crippen LogP contribution in [0, 0.1) is 0 Å². The fraction of sp³-hybridized carbons (Fsp3) is 0.350. The van der Waals surface area contributed by atoms with Gasteiger partial charge < -0.3 is 4.74 Å². The lowest BCUT2D eigenvalue weighted by molar-refractivity contribution is -0.156. The first kappa shape index (κ1) is 16.4. The third kappa shape index (κ3) is 3.70. The Balaban J connectivity index is 1.93. The molecule has 0 unspecified atom stereocenters. The highest BCUT2D eigenvalue weighted by molar-refractivity contribution is 6.04. The van der Waals surface area contributed by atoms with E-state index in [0.717, 1.165) is 17.0 Å². The van der Waals surface area contributed by atoms with E-state index in [9.17, 15) is 4.79 Å². The number of carbonyl (C=O) groups excluding carboxylic acids is 1. The minimum atomic E-state index is -0.547. The van der Waals surface area contributed by atoms with E-state index in [0.29, 0.717) is 6.42 Å². The lowest BCUT2D eigenvalue weighted by Crippen LogP contribution is -2.33. The van der Waals surface area contributed by atoms with Crippen molar-refractivity contribution in [2.24, 2.45) is 4.99 Å². The van der Waals surface area contributed by atoms with Gasteiger partial charge in [-0.15, -0.1) is 0 Å². The fourth-order valence-corrected chi connectivity index (χ4v) is 2.89. The maximum atomic E-state index is 12.7. The molecule has 3 rings (SSSR count). The summed E-state index contributed by atoms with van der Waals surface area (Å²) in [5.74, 6) is -0.375. The second-order valence-electron chi connectivity index (χ2n) is 6.99. The van der Waals surface area contributed by atoms with E-state index >= 15 is 0 Å². The van der Waals surface area contributed by atoms with Crippen LogP contribution in [-0.2, 0) is 9.53 Å². The molecule has 2 aromatic rings. The van der Waals surface area contributed by atoms with Gasteiger partial charge in [0.25, 0.3) is 0 Å². The van der Waals surface area contributed by atoms with Crippen molar-refractivity contribution in [1.29, 1.82) is 0 Å². The van der Waals surface area contributed by atoms with Crippen LogP contribution in [0.2, 0.25) is 0 Å². The molecular formula is C20H22N2O2. The fourth-order valence-electron chi connectivity index (χ4n) is 2.89. The average Bonchev–Trinajstić information content (AvgIpc) is 3.00. The Kier molecular flexibility index (Phi) is 4.47. The Morgan fingerprint density at radius 3 is 2.42 bits per heavy atom. The quantitative estimate of drug-likeness (QED) is 0.808. The number of esters is 1. The van der Waals surface area contributed by atoms with Gasteiger partial charge in [0.2, 0.25) is 0 Å². The predicted molar refractivity (Wildman–Crippen MR) is 94.2 cm³/mol. The highest BCUT2D eigenvalue weighted by Gasteiger charge is 2.39. The molecule has 0 amide bonds. The van der Waals surface area contributed by atoms with Gasteiger partial charge in [-0.2, -0.15) is 0 Å². The van der Waals surface area contributed by atoms with Gasteiger partial charge in [-0.05, 0) is 38.5 Å². The molecule has 2 heterocycles. The lowest BCUT2D eigenvalue weighted by Gasteiger charge is -2.23. The number of carbonyl (C=O) groups is 1. The second kappa shape index (κ2) is 6.56. The Labute approximate surface area is 142 Å². The van der Waals surface area contributed by atoms with Crippen LogP contribution < -0.4 is 0 Å². The van der Waals surface area contributed by atoms with Gasteiger partial charge in [0.05, 0.1) is 0 Å². The molecule has 1 aliphatic rings. The largest absolute Gasteiger partial charge is 0.458 e. The van der Waals surface area contributed by atoms with Crippen molar-refractivity contribution < 1.29 is 9.53 Å². The highest BCUT2D eigenvalue weighted by Crippen LogP contribution is 2.34. The Hall–Kier alpha value is -2.49. The van der Waals surface area contributed by atoms with Crippen molar-refractivity contribution in [3.05, 3.63) is 66.0 Å². The predicted octanol–water partition coefficient (Wildman–Crippen LogP) is 3.77. The lowest BCUT2D eigenvalue weighted by atomic mass is 9.92. The molecule has 24 heavy (non-hydrogen) atoms. The molecule has 1 aliphatic heterocycles. The number of rotatable bonds is 3. The molecule has 0 radical (unpaired) electrons. The summed E-state index contributed by atoms with van der Waals surface area (Å²) in [5, 5.41) is 0. The zero-order chi connectivity index (χ0) is 17.2. The van der Waals surface area contributed by atoms with Crippen LogP contribution in [0.15, 0.2) is 59.7 Å². The van der Waals surface area contributed by atoms with Crippen LogP contribution >= 0.6 is 0 Å². The summed E-state index contributed by atoms with van der Waals surface area (Å²) in [7, 11) is 0. The third-order valence-electron chi connectivity index (χ3n) is 3.91. The van der Waals surface area contributed by atoms with Crippen molar-refractivity contribution in [3.63, 3.8) is 0 Å². The normalized spacial score (nSPS) is 20.5. The number of hydrogen-bond donors (Lipinski definition) is 0. The van der Waals surface area contributed by atoms with Gasteiger partial charge in [-0.1, -0.05) is 36.4 Å². The smallest absolute Gasteiger partial charge is 0.332 e. The first-order valence-corrected chi connectivity index (χ1v) is 8.20. The molecule has 1 aromatic heterocycles. The second-order valence-corrected chi connectivity index (χ2v) is 6.99. The van der Waals surface area contributed by atoms with E-state index < -0.39 is 11.6 Å². The van der Waals surface area contributed by atoms with Crippen LogP contribution in [-0.4, -0.2) is 28.3 Å².